The number of ether oxygens (including phenoxy) is 2. The molecule has 0 radical (unpaired) electrons. The summed E-state index contributed by atoms with van der Waals surface area (Å²) in [7, 11) is 1.90. The molecule has 5 aliphatic heterocycles. The van der Waals surface area contributed by atoms with E-state index in [1.165, 1.54) is 4.90 Å². The Balaban J connectivity index is 0.564. The average Bonchev–Trinajstić information content (AvgIpc) is 4.30. The fraction of sp³-hybridized carbons (Fsp3) is 0.525. The molecular weight excluding hydrogens is 1030 g/mol. The van der Waals surface area contributed by atoms with Gasteiger partial charge in [-0.2, -0.15) is 5.10 Å². The van der Waals surface area contributed by atoms with Crippen molar-refractivity contribution in [3.8, 4) is 34.1 Å². The van der Waals surface area contributed by atoms with Crippen LogP contribution in [0.2, 0.25) is 0 Å². The van der Waals surface area contributed by atoms with Crippen LogP contribution in [0.15, 0.2) is 95.8 Å². The van der Waals surface area contributed by atoms with Crippen LogP contribution in [-0.2, 0) is 21.4 Å². The molecule has 6 fully saturated rings. The highest BCUT2D eigenvalue weighted by Gasteiger charge is 2.45. The van der Waals surface area contributed by atoms with Gasteiger partial charge in [-0.1, -0.05) is 55.4 Å². The predicted octanol–water partition coefficient (Wildman–Crippen LogP) is 6.96. The van der Waals surface area contributed by atoms with Gasteiger partial charge in [0.15, 0.2) is 17.4 Å². The van der Waals surface area contributed by atoms with Crippen molar-refractivity contribution in [1.29, 1.82) is 0 Å². The van der Waals surface area contributed by atoms with Crippen LogP contribution >= 0.6 is 0 Å². The highest BCUT2D eigenvalue weighted by molar-refractivity contribution is 5.91. The molecule has 4 aromatic heterocycles. The number of nitrogen functional groups attached to an aromatic ring is 1. The van der Waals surface area contributed by atoms with E-state index in [1.54, 1.807) is 18.3 Å². The maximum absolute atomic E-state index is 14.4. The lowest BCUT2D eigenvalue weighted by Crippen LogP contribution is -2.54. The molecule has 5 saturated heterocycles. The molecule has 12 rings (SSSR count). The van der Waals surface area contributed by atoms with Crippen molar-refractivity contribution in [3.05, 3.63) is 103 Å². The average molecular weight is 1100 g/mol. The third-order valence-electron chi connectivity index (χ3n) is 18.0. The molecule has 6 atom stereocenters. The third kappa shape index (κ3) is 11.6. The van der Waals surface area contributed by atoms with Crippen LogP contribution in [-0.4, -0.2) is 157 Å². The van der Waals surface area contributed by atoms with Gasteiger partial charge in [-0.3, -0.25) is 14.3 Å². The Labute approximate surface area is 473 Å². The number of rotatable bonds is 17. The number of fused-ring (bicyclic) bond motifs is 2. The SMILES string of the molecule is CC(C)[C@H](C(=O)N1C[C@H](O)C[C@H]1C(=O)N[C@@H](C)c1ccc(-c2ccnn2C)cc1)c1cc(N2CCC(CN3CCC(O[C@H]4C[C@H](Oc5cc(N6C7CCC6CN(c6cc(-c8ccccc8O)nnc6N)C7)ccn5)C4)CC3)CC2)no1. The summed E-state index contributed by atoms with van der Waals surface area (Å²) in [4.78, 5) is 44.1. The number of piperazine rings is 1. The van der Waals surface area contributed by atoms with E-state index < -0.39 is 18.1 Å². The van der Waals surface area contributed by atoms with Gasteiger partial charge in [-0.25, -0.2) is 4.98 Å². The first-order valence-electron chi connectivity index (χ1n) is 29.3. The lowest BCUT2D eigenvalue weighted by atomic mass is 9.91. The Bertz CT molecular complexity index is 3130. The molecule has 9 heterocycles. The summed E-state index contributed by atoms with van der Waals surface area (Å²) >= 11 is 0. The Kier molecular flexibility index (Phi) is 15.6. The molecule has 2 amide bonds. The van der Waals surface area contributed by atoms with Crippen molar-refractivity contribution in [1.82, 2.24) is 45.2 Å². The standard InChI is InChI=1S/C61H77N13O7/c1-37(2)58(61(78)73-36-45(75)28-53(73)60(77)65-38(3)40-9-11-41(12-10-40)51-16-22-64-69(51)4)55-32-56(68-81-55)71-25-17-39(18-26-71)33-70-23-19-46(20-24-70)79-47-29-48(30-47)80-57-27-42(15-21-63-57)74-43-13-14-44(74)35-72(34-43)52-31-50(66-67-59(52)62)49-7-5-6-8-54(49)76/h5-12,15-16,21-22,27,31-32,37-39,43-48,53,58,75-76H,13-14,17-20,23-26,28-30,33-36H2,1-4H3,(H2,62,67)(H,65,77)/t38-,43?,44?,45+,47-,48-,53-,58-/m0/s1. The van der Waals surface area contributed by atoms with Gasteiger partial charge in [-0.05, 0) is 98.7 Å². The van der Waals surface area contributed by atoms with Gasteiger partial charge in [0, 0.05) is 127 Å². The molecular formula is C61H77N13O7. The molecule has 2 bridgehead atoms. The molecule has 6 aliphatic rings. The zero-order valence-electron chi connectivity index (χ0n) is 47.0. The summed E-state index contributed by atoms with van der Waals surface area (Å²) in [5.74, 6) is 1.70. The Morgan fingerprint density at radius 1 is 0.815 bits per heavy atom. The molecule has 1 saturated carbocycles. The zero-order chi connectivity index (χ0) is 55.9. The number of anilines is 4. The van der Waals surface area contributed by atoms with Gasteiger partial charge >= 0.3 is 0 Å². The number of aliphatic hydroxyl groups is 1. The summed E-state index contributed by atoms with van der Waals surface area (Å²) in [5, 5.41) is 41.7. The zero-order valence-corrected chi connectivity index (χ0v) is 47.0. The number of aliphatic hydroxyl groups excluding tert-OH is 1. The van der Waals surface area contributed by atoms with Crippen molar-refractivity contribution < 1.29 is 33.8 Å². The number of nitrogens with two attached hydrogens (primary N) is 1. The first-order valence-corrected chi connectivity index (χ1v) is 29.3. The maximum atomic E-state index is 14.4. The second kappa shape index (κ2) is 23.3. The molecule has 2 aromatic carbocycles. The quantitative estimate of drug-likeness (QED) is 0.0723. The number of carbonyl (C=O) groups excluding carboxylic acids is 2. The number of phenols is 1. The minimum absolute atomic E-state index is 0.0810. The number of piperidine rings is 2. The van der Waals surface area contributed by atoms with E-state index in [0.29, 0.717) is 46.7 Å². The number of hydrogen-bond donors (Lipinski definition) is 4. The van der Waals surface area contributed by atoms with E-state index in [2.05, 4.69) is 62.5 Å². The number of amides is 2. The van der Waals surface area contributed by atoms with Crippen molar-refractivity contribution in [2.45, 2.75) is 133 Å². The molecule has 81 heavy (non-hydrogen) atoms. The number of hydrogen-bond acceptors (Lipinski definition) is 17. The molecule has 20 heteroatoms. The predicted molar refractivity (Wildman–Crippen MR) is 308 cm³/mol. The van der Waals surface area contributed by atoms with E-state index in [4.69, 9.17) is 19.7 Å². The second-order valence-electron chi connectivity index (χ2n) is 23.9. The van der Waals surface area contributed by atoms with E-state index in [0.717, 1.165) is 131 Å². The van der Waals surface area contributed by atoms with Gasteiger partial charge in [0.25, 0.3) is 0 Å². The number of β-amino-alcohol motifs (C(OH)–C–C–N with tert-alkyl or cyclic N) is 1. The number of aromatic nitrogens is 6. The normalized spacial score (nSPS) is 24.4. The monoisotopic (exact) mass is 1100 g/mol. The van der Waals surface area contributed by atoms with E-state index in [9.17, 15) is 19.8 Å². The van der Waals surface area contributed by atoms with Crippen LogP contribution in [0.1, 0.15) is 102 Å². The number of carbonyl (C=O) groups is 2. The number of likely N-dealkylation sites (tertiary alicyclic amines) is 2. The topological polar surface area (TPSA) is 230 Å². The lowest BCUT2D eigenvalue weighted by Gasteiger charge is -2.43. The Morgan fingerprint density at radius 2 is 1.57 bits per heavy atom. The van der Waals surface area contributed by atoms with Gasteiger partial charge in [-0.15, -0.1) is 10.2 Å². The molecule has 428 valence electrons. The van der Waals surface area contributed by atoms with Crippen molar-refractivity contribution in [3.63, 3.8) is 0 Å². The molecule has 20 nitrogen and oxygen atoms in total. The molecule has 5 N–H and O–H groups in total. The number of benzene rings is 2. The van der Waals surface area contributed by atoms with Crippen LogP contribution in [0.25, 0.3) is 22.5 Å². The first-order chi connectivity index (χ1) is 39.3. The van der Waals surface area contributed by atoms with Crippen molar-refractivity contribution in [2.24, 2.45) is 18.9 Å². The van der Waals surface area contributed by atoms with Crippen LogP contribution in [0.4, 0.5) is 23.0 Å². The highest BCUT2D eigenvalue weighted by Crippen LogP contribution is 2.41. The van der Waals surface area contributed by atoms with Gasteiger partial charge in [0.05, 0.1) is 41.4 Å². The van der Waals surface area contributed by atoms with E-state index >= 15 is 0 Å². The summed E-state index contributed by atoms with van der Waals surface area (Å²) in [6.07, 6.45) is 11.6. The largest absolute Gasteiger partial charge is 0.507 e. The number of phenolic OH excluding ortho intramolecular Hbond substituents is 1. The van der Waals surface area contributed by atoms with Crippen molar-refractivity contribution >= 4 is 34.8 Å². The lowest BCUT2D eigenvalue weighted by molar-refractivity contribution is -0.141. The van der Waals surface area contributed by atoms with Crippen LogP contribution < -0.4 is 30.5 Å². The number of pyridine rings is 1. The number of nitrogens with one attached hydrogen (secondary N) is 1. The van der Waals surface area contributed by atoms with Crippen molar-refractivity contribution in [2.75, 3.05) is 72.8 Å². The van der Waals surface area contributed by atoms with Gasteiger partial charge < -0.3 is 59.8 Å². The van der Waals surface area contributed by atoms with Gasteiger partial charge in [0.1, 0.15) is 23.8 Å². The summed E-state index contributed by atoms with van der Waals surface area (Å²) in [5.41, 5.74) is 12.6. The first kappa shape index (κ1) is 54.3. The molecule has 2 unspecified atom stereocenters. The summed E-state index contributed by atoms with van der Waals surface area (Å²) in [6.45, 7) is 12.4. The van der Waals surface area contributed by atoms with Crippen LogP contribution in [0.3, 0.4) is 0 Å². The number of para-hydroxylation sites is 1. The van der Waals surface area contributed by atoms with E-state index in [1.807, 2.05) is 93.3 Å². The van der Waals surface area contributed by atoms with Gasteiger partial charge in [0.2, 0.25) is 17.7 Å². The summed E-state index contributed by atoms with van der Waals surface area (Å²) < 4.78 is 20.9. The number of aryl methyl sites for hydroxylation is 1. The number of nitrogens with zero attached hydrogens (tertiary/aromatic N) is 11. The fourth-order valence-corrected chi connectivity index (χ4v) is 13.5. The Hall–Kier alpha value is -7.29. The second-order valence-corrected chi connectivity index (χ2v) is 23.9. The smallest absolute Gasteiger partial charge is 0.243 e. The Morgan fingerprint density at radius 3 is 2.28 bits per heavy atom. The van der Waals surface area contributed by atoms with E-state index in [-0.39, 0.29) is 60.8 Å². The maximum Gasteiger partial charge on any atom is 0.243 e. The minimum atomic E-state index is -0.806. The van der Waals surface area contributed by atoms with Crippen LogP contribution in [0, 0.1) is 11.8 Å². The molecule has 6 aromatic rings. The molecule has 0 spiro atoms. The van der Waals surface area contributed by atoms with Crippen LogP contribution in [0.5, 0.6) is 11.6 Å². The third-order valence-corrected chi connectivity index (χ3v) is 18.0. The minimum Gasteiger partial charge on any atom is -0.507 e. The highest BCUT2D eigenvalue weighted by atomic mass is 16.5. The number of aromatic hydroxyl groups is 1. The fourth-order valence-electron chi connectivity index (χ4n) is 13.5. The summed E-state index contributed by atoms with van der Waals surface area (Å²) in [6, 6.07) is 24.7. The molecule has 1 aliphatic carbocycles.